The molecule has 2 heterocycles. The summed E-state index contributed by atoms with van der Waals surface area (Å²) >= 11 is 0. The Morgan fingerprint density at radius 1 is 1.16 bits per heavy atom. The van der Waals surface area contributed by atoms with E-state index < -0.39 is 0 Å². The van der Waals surface area contributed by atoms with Gasteiger partial charge in [-0.3, -0.25) is 5.10 Å². The Balaban J connectivity index is 1.52. The lowest BCUT2D eigenvalue weighted by Crippen LogP contribution is -2.09. The largest absolute Gasteiger partial charge is 0.497 e. The van der Waals surface area contributed by atoms with E-state index in [0.29, 0.717) is 12.5 Å². The minimum atomic E-state index is 0.488. The molecule has 1 saturated carbocycles. The molecule has 2 N–H and O–H groups in total. The monoisotopic (exact) mass is 337 g/mol. The van der Waals surface area contributed by atoms with Crippen molar-refractivity contribution in [2.24, 2.45) is 0 Å². The first kappa shape index (κ1) is 15.9. The average molecular weight is 337 g/mol. The molecule has 25 heavy (non-hydrogen) atoms. The molecule has 6 nitrogen and oxygen atoms in total. The summed E-state index contributed by atoms with van der Waals surface area (Å²) in [6, 6.07) is 8.01. The van der Waals surface area contributed by atoms with Gasteiger partial charge in [0.2, 0.25) is 0 Å². The lowest BCUT2D eigenvalue weighted by atomic mass is 9.89. The first-order chi connectivity index (χ1) is 12.3. The normalized spacial score (nSPS) is 15.4. The van der Waals surface area contributed by atoms with Crippen molar-refractivity contribution in [2.75, 3.05) is 12.4 Å². The van der Waals surface area contributed by atoms with Crippen LogP contribution in [0.4, 0.5) is 5.82 Å². The van der Waals surface area contributed by atoms with Crippen LogP contribution < -0.4 is 10.1 Å². The molecular weight excluding hydrogens is 314 g/mol. The van der Waals surface area contributed by atoms with Gasteiger partial charge in [0.15, 0.2) is 5.82 Å². The summed E-state index contributed by atoms with van der Waals surface area (Å²) in [6.07, 6.45) is 8.13. The molecule has 0 amide bonds. The lowest BCUT2D eigenvalue weighted by molar-refractivity contribution is 0.414. The summed E-state index contributed by atoms with van der Waals surface area (Å²) in [5.41, 5.74) is 2.92. The van der Waals surface area contributed by atoms with Crippen LogP contribution in [0.5, 0.6) is 5.75 Å². The van der Waals surface area contributed by atoms with Gasteiger partial charge in [0.05, 0.1) is 13.3 Å². The zero-order valence-electron chi connectivity index (χ0n) is 14.5. The van der Waals surface area contributed by atoms with Crippen molar-refractivity contribution >= 4 is 16.9 Å². The Morgan fingerprint density at radius 3 is 2.72 bits per heavy atom. The number of fused-ring (bicyclic) bond motifs is 1. The van der Waals surface area contributed by atoms with Crippen LogP contribution in [-0.2, 0) is 6.54 Å². The van der Waals surface area contributed by atoms with Gasteiger partial charge in [-0.1, -0.05) is 31.4 Å². The molecule has 0 atom stereocenters. The smallest absolute Gasteiger partial charge is 0.174 e. The number of rotatable bonds is 5. The first-order valence-corrected chi connectivity index (χ1v) is 8.91. The Morgan fingerprint density at radius 2 is 1.96 bits per heavy atom. The highest BCUT2D eigenvalue weighted by Gasteiger charge is 2.19. The van der Waals surface area contributed by atoms with Crippen LogP contribution in [-0.4, -0.2) is 27.3 Å². The molecule has 130 valence electrons. The van der Waals surface area contributed by atoms with Gasteiger partial charge < -0.3 is 10.1 Å². The first-order valence-electron chi connectivity index (χ1n) is 8.91. The van der Waals surface area contributed by atoms with Gasteiger partial charge in [0, 0.05) is 12.5 Å². The molecule has 0 unspecified atom stereocenters. The second kappa shape index (κ2) is 7.09. The molecule has 6 heteroatoms. The summed E-state index contributed by atoms with van der Waals surface area (Å²) < 4.78 is 5.19. The minimum absolute atomic E-state index is 0.488. The number of nitrogens with zero attached hydrogens (tertiary/aromatic N) is 3. The molecule has 0 aliphatic heterocycles. The number of nitrogens with one attached hydrogen (secondary N) is 2. The van der Waals surface area contributed by atoms with Gasteiger partial charge in [-0.25, -0.2) is 9.97 Å². The Hall–Kier alpha value is -2.63. The minimum Gasteiger partial charge on any atom is -0.497 e. The molecule has 1 aliphatic carbocycles. The standard InChI is InChI=1S/C19H23N5O/c1-25-15-9-7-13(8-10-15)11-20-19-17-16(23-24-19)12-21-18(22-17)14-5-3-2-4-6-14/h7-10,12,14H,2-6,11H2,1H3,(H2,20,23,24). The lowest BCUT2D eigenvalue weighted by Gasteiger charge is -2.19. The summed E-state index contributed by atoms with van der Waals surface area (Å²) in [5, 5.41) is 10.8. The Labute approximate surface area is 147 Å². The quantitative estimate of drug-likeness (QED) is 0.735. The maximum Gasteiger partial charge on any atom is 0.174 e. The van der Waals surface area contributed by atoms with Crippen molar-refractivity contribution in [3.05, 3.63) is 41.9 Å². The maximum absolute atomic E-state index is 5.19. The number of benzene rings is 1. The maximum atomic E-state index is 5.19. The predicted molar refractivity (Wildman–Crippen MR) is 97.8 cm³/mol. The third-order valence-corrected chi connectivity index (χ3v) is 4.91. The van der Waals surface area contributed by atoms with Crippen molar-refractivity contribution in [1.29, 1.82) is 0 Å². The molecule has 1 fully saturated rings. The van der Waals surface area contributed by atoms with E-state index in [1.54, 1.807) is 7.11 Å². The fourth-order valence-electron chi connectivity index (χ4n) is 3.44. The van der Waals surface area contributed by atoms with Crippen molar-refractivity contribution in [1.82, 2.24) is 20.2 Å². The van der Waals surface area contributed by atoms with Crippen molar-refractivity contribution in [3.63, 3.8) is 0 Å². The topological polar surface area (TPSA) is 75.7 Å². The van der Waals surface area contributed by atoms with E-state index in [1.165, 1.54) is 37.7 Å². The van der Waals surface area contributed by atoms with Gasteiger partial charge >= 0.3 is 0 Å². The van der Waals surface area contributed by atoms with E-state index >= 15 is 0 Å². The van der Waals surface area contributed by atoms with Crippen LogP contribution in [0.2, 0.25) is 0 Å². The number of H-pyrrole nitrogens is 1. The molecule has 2 aromatic heterocycles. The Bertz CT molecular complexity index is 837. The molecule has 3 aromatic rings. The van der Waals surface area contributed by atoms with Crippen molar-refractivity contribution < 1.29 is 4.74 Å². The summed E-state index contributed by atoms with van der Waals surface area (Å²) in [4.78, 5) is 9.37. The van der Waals surface area contributed by atoms with Crippen molar-refractivity contribution in [2.45, 2.75) is 44.6 Å². The van der Waals surface area contributed by atoms with E-state index in [1.807, 2.05) is 30.5 Å². The molecule has 0 bridgehead atoms. The summed E-state index contributed by atoms with van der Waals surface area (Å²) in [5.74, 6) is 3.09. The second-order valence-corrected chi connectivity index (χ2v) is 6.60. The summed E-state index contributed by atoms with van der Waals surface area (Å²) in [6.45, 7) is 0.687. The number of methoxy groups -OCH3 is 1. The highest BCUT2D eigenvalue weighted by Crippen LogP contribution is 2.31. The molecule has 4 rings (SSSR count). The average Bonchev–Trinajstić information content (AvgIpc) is 3.10. The molecule has 0 saturated heterocycles. The van der Waals surface area contributed by atoms with E-state index in [0.717, 1.165) is 28.4 Å². The van der Waals surface area contributed by atoms with E-state index in [9.17, 15) is 0 Å². The van der Waals surface area contributed by atoms with Crippen LogP contribution in [0, 0.1) is 0 Å². The Kier molecular flexibility index (Phi) is 4.50. The van der Waals surface area contributed by atoms with Gasteiger partial charge in [0.1, 0.15) is 22.6 Å². The summed E-state index contributed by atoms with van der Waals surface area (Å²) in [7, 11) is 1.67. The molecule has 1 aromatic carbocycles. The second-order valence-electron chi connectivity index (χ2n) is 6.60. The SMILES string of the molecule is COc1ccc(CNc2n[nH]c3cnc(C4CCCCC4)nc23)cc1. The van der Waals surface area contributed by atoms with Gasteiger partial charge in [-0.05, 0) is 30.5 Å². The molecular formula is C19H23N5O. The van der Waals surface area contributed by atoms with Gasteiger partial charge in [-0.15, -0.1) is 0 Å². The third kappa shape index (κ3) is 3.43. The zero-order valence-corrected chi connectivity index (χ0v) is 14.5. The molecule has 1 aliphatic rings. The zero-order chi connectivity index (χ0) is 17.1. The number of ether oxygens (including phenoxy) is 1. The van der Waals surface area contributed by atoms with E-state index in [4.69, 9.17) is 9.72 Å². The fraction of sp³-hybridized carbons (Fsp3) is 0.421. The van der Waals surface area contributed by atoms with E-state index in [2.05, 4.69) is 20.5 Å². The van der Waals surface area contributed by atoms with Gasteiger partial charge in [0.25, 0.3) is 0 Å². The highest BCUT2D eigenvalue weighted by atomic mass is 16.5. The van der Waals surface area contributed by atoms with Crippen LogP contribution in [0.1, 0.15) is 49.4 Å². The third-order valence-electron chi connectivity index (χ3n) is 4.91. The number of anilines is 1. The molecule has 0 radical (unpaired) electrons. The number of hydrogen-bond donors (Lipinski definition) is 2. The fourth-order valence-corrected chi connectivity index (χ4v) is 3.44. The van der Waals surface area contributed by atoms with Crippen LogP contribution in [0.15, 0.2) is 30.5 Å². The van der Waals surface area contributed by atoms with Crippen LogP contribution >= 0.6 is 0 Å². The van der Waals surface area contributed by atoms with Crippen LogP contribution in [0.25, 0.3) is 11.0 Å². The van der Waals surface area contributed by atoms with Crippen molar-refractivity contribution in [3.8, 4) is 5.75 Å². The van der Waals surface area contributed by atoms with Crippen LogP contribution in [0.3, 0.4) is 0 Å². The number of aromatic nitrogens is 4. The predicted octanol–water partition coefficient (Wildman–Crippen LogP) is 4.02. The molecule has 0 spiro atoms. The van der Waals surface area contributed by atoms with Gasteiger partial charge in [-0.2, -0.15) is 5.10 Å². The van der Waals surface area contributed by atoms with E-state index in [-0.39, 0.29) is 0 Å². The number of aromatic amines is 1. The number of hydrogen-bond acceptors (Lipinski definition) is 5. The highest BCUT2D eigenvalue weighted by molar-refractivity contribution is 5.85.